The number of amidine groups is 2. The van der Waals surface area contributed by atoms with Crippen molar-refractivity contribution in [3.8, 4) is 0 Å². The van der Waals surface area contributed by atoms with Gasteiger partial charge in [-0.3, -0.25) is 10.4 Å². The molecule has 0 atom stereocenters. The fourth-order valence-electron chi connectivity index (χ4n) is 0.385. The summed E-state index contributed by atoms with van der Waals surface area (Å²) >= 11 is 9.21. The summed E-state index contributed by atoms with van der Waals surface area (Å²) in [6, 6.07) is 0. The van der Waals surface area contributed by atoms with Crippen LogP contribution >= 0.6 is 0 Å². The third kappa shape index (κ3) is 11.2. The van der Waals surface area contributed by atoms with Crippen molar-refractivity contribution in [2.75, 3.05) is 7.05 Å². The average Bonchev–Trinajstić information content (AvgIpc) is 2.14. The van der Waals surface area contributed by atoms with Crippen molar-refractivity contribution in [2.45, 2.75) is 6.92 Å². The Hall–Kier alpha value is -0.761. The van der Waals surface area contributed by atoms with E-state index < -0.39 is 0 Å². The van der Waals surface area contributed by atoms with E-state index in [9.17, 15) is 0 Å². The van der Waals surface area contributed by atoms with Crippen LogP contribution in [0.25, 0.3) is 0 Å². The molecule has 0 unspecified atom stereocenters. The van der Waals surface area contributed by atoms with Crippen LogP contribution in [0.3, 0.4) is 0 Å². The number of hydrazone groups is 1. The van der Waals surface area contributed by atoms with Crippen LogP contribution in [0.4, 0.5) is 0 Å². The van der Waals surface area contributed by atoms with Gasteiger partial charge in [-0.25, -0.2) is 0 Å². The standard InChI is InChI=1S/C6H12N6S2.Cu/c1-4(10-11-5(7)13)3-9-12-6(14)8-2;/h3H,1-2H3,(H3,7,11,13)(H2,8,12,14);/q;+2/p-2/b9-3+,10-4+;/i;1+3. The summed E-state index contributed by atoms with van der Waals surface area (Å²) in [6.07, 6.45) is 1.43. The largest absolute Gasteiger partial charge is 2.00 e. The minimum Gasteiger partial charge on any atom is -0.741 e. The minimum absolute atomic E-state index is 0. The van der Waals surface area contributed by atoms with Gasteiger partial charge in [0, 0.05) is 7.05 Å². The molecule has 0 aromatic carbocycles. The molecule has 0 aromatic heterocycles. The molecule has 0 rings (SSSR count). The van der Waals surface area contributed by atoms with E-state index in [2.05, 4.69) is 38.4 Å². The first-order valence-electron chi connectivity index (χ1n) is 3.54. The molecular formula is C6H10CuN6S2. The number of hydrogen-bond acceptors (Lipinski definition) is 6. The molecule has 3 N–H and O–H groups in total. The van der Waals surface area contributed by atoms with Gasteiger partial charge in [-0.2, -0.15) is 15.3 Å². The van der Waals surface area contributed by atoms with Gasteiger partial charge in [-0.15, -0.1) is 0 Å². The molecular weight excluding hydrogens is 287 g/mol. The Bertz CT molecular complexity index is 294. The van der Waals surface area contributed by atoms with Crippen LogP contribution in [0.2, 0.25) is 0 Å². The van der Waals surface area contributed by atoms with Gasteiger partial charge in [-0.05, 0) is 17.3 Å². The third-order valence-electron chi connectivity index (χ3n) is 0.921. The predicted octanol–water partition coefficient (Wildman–Crippen LogP) is -0.671. The summed E-state index contributed by atoms with van der Waals surface area (Å²) in [5, 5.41) is 11.1. The number of nitrogens with zero attached hydrogens (tertiary/aromatic N) is 4. The molecule has 6 nitrogen and oxygen atoms in total. The van der Waals surface area contributed by atoms with Crippen LogP contribution in [0.5, 0.6) is 0 Å². The molecule has 0 saturated carbocycles. The summed E-state index contributed by atoms with van der Waals surface area (Å²) in [6.45, 7) is 1.69. The van der Waals surface area contributed by atoms with Gasteiger partial charge in [0.1, 0.15) is 0 Å². The van der Waals surface area contributed by atoms with E-state index in [1.165, 1.54) is 6.21 Å². The molecule has 1 radical (unpaired) electrons. The van der Waals surface area contributed by atoms with Crippen molar-refractivity contribution >= 4 is 47.5 Å². The second-order valence-electron chi connectivity index (χ2n) is 2.08. The van der Waals surface area contributed by atoms with Gasteiger partial charge in [0.2, 0.25) is 0 Å². The Morgan fingerprint density at radius 3 is 2.40 bits per heavy atom. The first-order chi connectivity index (χ1) is 6.56. The Labute approximate surface area is 110 Å². The van der Waals surface area contributed by atoms with Gasteiger partial charge in [-0.1, -0.05) is 0 Å². The van der Waals surface area contributed by atoms with Gasteiger partial charge in [0.15, 0.2) is 0 Å². The van der Waals surface area contributed by atoms with Crippen molar-refractivity contribution in [3.63, 3.8) is 0 Å². The molecule has 0 aliphatic rings. The Morgan fingerprint density at radius 1 is 1.33 bits per heavy atom. The van der Waals surface area contributed by atoms with E-state index in [1.807, 2.05) is 0 Å². The Morgan fingerprint density at radius 2 is 1.93 bits per heavy atom. The van der Waals surface area contributed by atoms with Crippen LogP contribution in [-0.2, 0) is 42.3 Å². The summed E-state index contributed by atoms with van der Waals surface area (Å²) in [7, 11) is 1.56. The smallest absolute Gasteiger partial charge is 0.741 e. The SMILES string of the molecule is CN=C([S-])N/N=C/C(C)=N/N=C(/N)[S-].[67Cu+2]. The van der Waals surface area contributed by atoms with E-state index in [0.29, 0.717) is 10.9 Å². The molecule has 0 aliphatic carbocycles. The zero-order valence-electron chi connectivity index (χ0n) is 8.06. The fraction of sp³-hybridized carbons (Fsp3) is 0.333. The Kier molecular flexibility index (Phi) is 10.9. The van der Waals surface area contributed by atoms with Crippen LogP contribution in [0, 0.1) is 0 Å². The first kappa shape index (κ1) is 16.7. The van der Waals surface area contributed by atoms with Gasteiger partial charge in [0.05, 0.1) is 11.9 Å². The molecule has 0 aliphatic heterocycles. The van der Waals surface area contributed by atoms with E-state index in [4.69, 9.17) is 18.4 Å². The zero-order chi connectivity index (χ0) is 11.0. The summed E-state index contributed by atoms with van der Waals surface area (Å²) in [4.78, 5) is 3.66. The van der Waals surface area contributed by atoms with Crippen molar-refractivity contribution in [1.29, 1.82) is 0 Å². The van der Waals surface area contributed by atoms with E-state index in [1.54, 1.807) is 14.0 Å². The molecule has 9 heteroatoms. The van der Waals surface area contributed by atoms with Crippen LogP contribution in [0.15, 0.2) is 20.3 Å². The number of hydrogen-bond donors (Lipinski definition) is 2. The molecule has 0 amide bonds. The summed E-state index contributed by atoms with van der Waals surface area (Å²) in [5.74, 6) is 0. The first-order valence-corrected chi connectivity index (χ1v) is 4.35. The van der Waals surface area contributed by atoms with Crippen LogP contribution in [0.1, 0.15) is 6.92 Å². The second kappa shape index (κ2) is 9.78. The fourth-order valence-corrected chi connectivity index (χ4v) is 0.478. The average molecular weight is 297 g/mol. The van der Waals surface area contributed by atoms with Crippen LogP contribution in [-0.4, -0.2) is 29.3 Å². The monoisotopic (exact) mass is 297 g/mol. The Balaban J connectivity index is 0. The maximum absolute atomic E-state index is 5.10. The molecule has 0 fully saturated rings. The number of aliphatic imine (C=N–C) groups is 1. The van der Waals surface area contributed by atoms with Gasteiger partial charge < -0.3 is 31.0 Å². The van der Waals surface area contributed by atoms with Gasteiger partial charge >= 0.3 is 17.1 Å². The molecule has 15 heavy (non-hydrogen) atoms. The predicted molar refractivity (Wildman–Crippen MR) is 64.4 cm³/mol. The van der Waals surface area contributed by atoms with E-state index in [0.717, 1.165) is 0 Å². The number of nitrogens with two attached hydrogens (primary N) is 1. The second-order valence-corrected chi connectivity index (χ2v) is 2.88. The van der Waals surface area contributed by atoms with Crippen molar-refractivity contribution in [2.24, 2.45) is 26.0 Å². The maximum atomic E-state index is 5.10. The number of nitrogens with one attached hydrogen (secondary N) is 1. The minimum atomic E-state index is -0.0233. The van der Waals surface area contributed by atoms with Crippen molar-refractivity contribution < 1.29 is 17.1 Å². The molecule has 0 bridgehead atoms. The maximum Gasteiger partial charge on any atom is 2.00 e. The number of rotatable bonds is 3. The van der Waals surface area contributed by atoms with E-state index >= 15 is 0 Å². The molecule has 0 saturated heterocycles. The quantitative estimate of drug-likeness (QED) is 0.238. The van der Waals surface area contributed by atoms with Crippen molar-refractivity contribution in [1.82, 2.24) is 5.43 Å². The van der Waals surface area contributed by atoms with Gasteiger partial charge in [0.25, 0.3) is 0 Å². The zero-order valence-corrected chi connectivity index (χ0v) is 10.6. The normalized spacial score (nSPS) is 13.9. The third-order valence-corrected chi connectivity index (χ3v) is 1.28. The summed E-state index contributed by atoms with van der Waals surface area (Å²) < 4.78 is 0. The molecule has 0 aromatic rings. The molecule has 0 heterocycles. The van der Waals surface area contributed by atoms with E-state index in [-0.39, 0.29) is 22.2 Å². The molecule has 0 spiro atoms. The molecule has 87 valence electrons. The van der Waals surface area contributed by atoms with Crippen LogP contribution < -0.4 is 11.2 Å². The topological polar surface area (TPSA) is 87.5 Å². The van der Waals surface area contributed by atoms with Crippen molar-refractivity contribution in [3.05, 3.63) is 0 Å². The summed E-state index contributed by atoms with van der Waals surface area (Å²) in [5.41, 5.74) is 8.14.